The molecule has 1 N–H and O–H groups in total. The van der Waals surface area contributed by atoms with E-state index in [1.54, 1.807) is 24.5 Å². The second-order valence-electron chi connectivity index (χ2n) is 8.26. The molecule has 0 spiro atoms. The molecule has 11 heteroatoms. The molecule has 2 aromatic heterocycles. The molecule has 1 aliphatic heterocycles. The highest BCUT2D eigenvalue weighted by Gasteiger charge is 2.33. The van der Waals surface area contributed by atoms with Gasteiger partial charge in [0.2, 0.25) is 0 Å². The van der Waals surface area contributed by atoms with Crippen LogP contribution in [0.5, 0.6) is 5.75 Å². The quantitative estimate of drug-likeness (QED) is 0.443. The Morgan fingerprint density at radius 3 is 2.69 bits per heavy atom. The van der Waals surface area contributed by atoms with Gasteiger partial charge in [-0.25, -0.2) is 15.4 Å². The minimum absolute atomic E-state index is 0.171. The third kappa shape index (κ3) is 6.55. The van der Waals surface area contributed by atoms with Crippen LogP contribution in [-0.4, -0.2) is 53.0 Å². The number of aryl methyl sites for hydroxylation is 1. The Bertz CT molecular complexity index is 1160. The van der Waals surface area contributed by atoms with Crippen molar-refractivity contribution in [1.82, 2.24) is 20.4 Å². The number of hydrogen-bond donors (Lipinski definition) is 1. The molecule has 0 aliphatic carbocycles. The summed E-state index contributed by atoms with van der Waals surface area (Å²) in [6.07, 6.45) is 2.07. The van der Waals surface area contributed by atoms with Gasteiger partial charge in [0, 0.05) is 48.3 Å². The first kappa shape index (κ1) is 25.5. The lowest BCUT2D eigenvalue weighted by molar-refractivity contribution is -0.187. The Morgan fingerprint density at radius 1 is 1.19 bits per heavy atom. The van der Waals surface area contributed by atoms with Crippen LogP contribution in [0.2, 0.25) is 0 Å². The molecule has 0 radical (unpaired) electrons. The van der Waals surface area contributed by atoms with Crippen molar-refractivity contribution in [3.63, 3.8) is 0 Å². The SMILES string of the molecule is CCc1ncc(-c2cccc3c2C[C@H](C(COCC(F)(F)F)ONC(=O)c2cccnc2)CO3)cn1. The van der Waals surface area contributed by atoms with E-state index < -0.39 is 37.3 Å². The first-order valence-electron chi connectivity index (χ1n) is 11.4. The number of amides is 1. The fraction of sp³-hybridized carbons (Fsp3) is 0.360. The number of benzene rings is 1. The highest BCUT2D eigenvalue weighted by atomic mass is 19.4. The van der Waals surface area contributed by atoms with Crippen molar-refractivity contribution in [2.24, 2.45) is 5.92 Å². The summed E-state index contributed by atoms with van der Waals surface area (Å²) in [4.78, 5) is 30.6. The van der Waals surface area contributed by atoms with Crippen molar-refractivity contribution in [3.8, 4) is 16.9 Å². The number of pyridine rings is 1. The summed E-state index contributed by atoms with van der Waals surface area (Å²) in [7, 11) is 0. The monoisotopic (exact) mass is 502 g/mol. The van der Waals surface area contributed by atoms with E-state index in [0.29, 0.717) is 18.6 Å². The number of ether oxygens (including phenoxy) is 2. The van der Waals surface area contributed by atoms with Gasteiger partial charge in [0.05, 0.1) is 18.8 Å². The average Bonchev–Trinajstić information content (AvgIpc) is 2.89. The Labute approximate surface area is 205 Å². The first-order valence-corrected chi connectivity index (χ1v) is 11.4. The number of hydroxylamine groups is 1. The van der Waals surface area contributed by atoms with Crippen molar-refractivity contribution in [2.45, 2.75) is 32.0 Å². The molecule has 4 rings (SSSR count). The highest BCUT2D eigenvalue weighted by Crippen LogP contribution is 2.36. The molecule has 0 bridgehead atoms. The van der Waals surface area contributed by atoms with E-state index in [-0.39, 0.29) is 12.2 Å². The number of halogens is 3. The zero-order chi connectivity index (χ0) is 25.5. The fourth-order valence-electron chi connectivity index (χ4n) is 3.86. The van der Waals surface area contributed by atoms with Crippen molar-refractivity contribution in [3.05, 3.63) is 72.1 Å². The van der Waals surface area contributed by atoms with E-state index in [0.717, 1.165) is 22.5 Å². The van der Waals surface area contributed by atoms with Crippen molar-refractivity contribution >= 4 is 5.91 Å². The summed E-state index contributed by atoms with van der Waals surface area (Å²) < 4.78 is 48.9. The van der Waals surface area contributed by atoms with Gasteiger partial charge in [-0.05, 0) is 30.2 Å². The van der Waals surface area contributed by atoms with Gasteiger partial charge in [-0.15, -0.1) is 0 Å². The molecule has 3 aromatic rings. The summed E-state index contributed by atoms with van der Waals surface area (Å²) in [6.45, 7) is 0.309. The molecule has 36 heavy (non-hydrogen) atoms. The largest absolute Gasteiger partial charge is 0.493 e. The van der Waals surface area contributed by atoms with E-state index >= 15 is 0 Å². The minimum atomic E-state index is -4.49. The predicted molar refractivity (Wildman–Crippen MR) is 123 cm³/mol. The van der Waals surface area contributed by atoms with Crippen molar-refractivity contribution < 1.29 is 32.3 Å². The zero-order valence-electron chi connectivity index (χ0n) is 19.5. The van der Waals surface area contributed by atoms with Gasteiger partial charge in [-0.3, -0.25) is 14.6 Å². The first-order chi connectivity index (χ1) is 17.3. The lowest BCUT2D eigenvalue weighted by Gasteiger charge is -2.32. The maximum Gasteiger partial charge on any atom is 0.411 e. The number of rotatable bonds is 9. The lowest BCUT2D eigenvalue weighted by Crippen LogP contribution is -2.42. The van der Waals surface area contributed by atoms with Crippen LogP contribution in [0, 0.1) is 5.92 Å². The van der Waals surface area contributed by atoms with E-state index in [4.69, 9.17) is 14.3 Å². The maximum absolute atomic E-state index is 12.7. The molecular weight excluding hydrogens is 477 g/mol. The summed E-state index contributed by atoms with van der Waals surface area (Å²) >= 11 is 0. The third-order valence-electron chi connectivity index (χ3n) is 5.69. The second-order valence-corrected chi connectivity index (χ2v) is 8.26. The number of aromatic nitrogens is 3. The van der Waals surface area contributed by atoms with Crippen LogP contribution in [0.25, 0.3) is 11.1 Å². The van der Waals surface area contributed by atoms with E-state index in [2.05, 4.69) is 20.4 Å². The number of nitrogens with zero attached hydrogens (tertiary/aromatic N) is 3. The average molecular weight is 502 g/mol. The van der Waals surface area contributed by atoms with Crippen LogP contribution in [-0.2, 0) is 22.4 Å². The molecule has 1 aromatic carbocycles. The zero-order valence-corrected chi connectivity index (χ0v) is 19.5. The van der Waals surface area contributed by atoms with Crippen LogP contribution in [0.15, 0.2) is 55.1 Å². The molecule has 8 nitrogen and oxygen atoms in total. The van der Waals surface area contributed by atoms with Crippen molar-refractivity contribution in [2.75, 3.05) is 19.8 Å². The summed E-state index contributed by atoms with van der Waals surface area (Å²) in [5, 5.41) is 0. The van der Waals surface area contributed by atoms with Gasteiger partial charge in [0.15, 0.2) is 0 Å². The van der Waals surface area contributed by atoms with E-state index in [1.807, 2.05) is 25.1 Å². The second kappa shape index (κ2) is 11.4. The molecule has 0 saturated carbocycles. The van der Waals surface area contributed by atoms with Gasteiger partial charge in [-0.1, -0.05) is 19.1 Å². The van der Waals surface area contributed by atoms with Gasteiger partial charge < -0.3 is 9.47 Å². The number of carbonyl (C=O) groups excluding carboxylic acids is 1. The number of hydrogen-bond acceptors (Lipinski definition) is 7. The molecule has 0 saturated heterocycles. The van der Waals surface area contributed by atoms with Gasteiger partial charge >= 0.3 is 6.18 Å². The Balaban J connectivity index is 1.52. The normalized spacial score (nSPS) is 16.1. The lowest BCUT2D eigenvalue weighted by atomic mass is 9.88. The molecule has 1 aliphatic rings. The maximum atomic E-state index is 12.7. The highest BCUT2D eigenvalue weighted by molar-refractivity contribution is 5.93. The standard InChI is InChI=1S/C25H25F3N4O4/c1-2-23-30-11-18(12-31-23)19-6-3-7-21-20(19)9-17(13-35-21)22(14-34-15-25(26,27)28)36-32-24(33)16-5-4-8-29-10-16/h3-8,10-12,17,22H,2,9,13-15H2,1H3,(H,32,33)/t17-,22?/m0/s1. The Morgan fingerprint density at radius 2 is 2.00 bits per heavy atom. The topological polar surface area (TPSA) is 95.5 Å². The molecule has 1 amide bonds. The van der Waals surface area contributed by atoms with Gasteiger partial charge in [-0.2, -0.15) is 13.2 Å². The summed E-state index contributed by atoms with van der Waals surface area (Å²) in [6, 6.07) is 8.73. The minimum Gasteiger partial charge on any atom is -0.493 e. The molecule has 190 valence electrons. The number of carbonyl (C=O) groups is 1. The van der Waals surface area contributed by atoms with E-state index in [1.165, 1.54) is 12.4 Å². The van der Waals surface area contributed by atoms with Crippen LogP contribution < -0.4 is 10.2 Å². The van der Waals surface area contributed by atoms with Crippen LogP contribution in [0.3, 0.4) is 0 Å². The van der Waals surface area contributed by atoms with Gasteiger partial charge in [0.25, 0.3) is 5.91 Å². The molecule has 1 unspecified atom stereocenters. The Hall–Kier alpha value is -3.57. The molecule has 0 fully saturated rings. The summed E-state index contributed by atoms with van der Waals surface area (Å²) in [5.41, 5.74) is 5.06. The third-order valence-corrected chi connectivity index (χ3v) is 5.69. The number of alkyl halides is 3. The molecule has 3 heterocycles. The number of fused-ring (bicyclic) bond motifs is 1. The fourth-order valence-corrected chi connectivity index (χ4v) is 3.86. The van der Waals surface area contributed by atoms with Crippen molar-refractivity contribution in [1.29, 1.82) is 0 Å². The molecule has 2 atom stereocenters. The smallest absolute Gasteiger partial charge is 0.411 e. The van der Waals surface area contributed by atoms with Crippen LogP contribution in [0.1, 0.15) is 28.7 Å². The predicted octanol–water partition coefficient (Wildman–Crippen LogP) is 3.96. The summed E-state index contributed by atoms with van der Waals surface area (Å²) in [5.74, 6) is 0.404. The van der Waals surface area contributed by atoms with Gasteiger partial charge in [0.1, 0.15) is 24.3 Å². The molecular formula is C25H25F3N4O4. The van der Waals surface area contributed by atoms with Crippen LogP contribution in [0.4, 0.5) is 13.2 Å². The van der Waals surface area contributed by atoms with Crippen LogP contribution >= 0.6 is 0 Å². The Kier molecular flexibility index (Phi) is 8.11. The number of nitrogens with one attached hydrogen (secondary N) is 1. The van der Waals surface area contributed by atoms with E-state index in [9.17, 15) is 18.0 Å².